The summed E-state index contributed by atoms with van der Waals surface area (Å²) in [5.74, 6) is 0.397. The van der Waals surface area contributed by atoms with Crippen molar-refractivity contribution in [1.82, 2.24) is 0 Å². The quantitative estimate of drug-likeness (QED) is 0.240. The maximum absolute atomic E-state index is 6.03. The summed E-state index contributed by atoms with van der Waals surface area (Å²) in [7, 11) is 5.96. The van der Waals surface area contributed by atoms with Crippen molar-refractivity contribution in [2.24, 2.45) is 0 Å². The van der Waals surface area contributed by atoms with E-state index in [2.05, 4.69) is 0 Å². The summed E-state index contributed by atoms with van der Waals surface area (Å²) < 4.78 is 43.6. The molecule has 1 aliphatic heterocycles. The highest BCUT2D eigenvalue weighted by molar-refractivity contribution is 6.60. The van der Waals surface area contributed by atoms with Crippen molar-refractivity contribution in [1.29, 1.82) is 0 Å². The Bertz CT molecular complexity index is 371. The highest BCUT2D eigenvalue weighted by atomic mass is 28.4. The van der Waals surface area contributed by atoms with Crippen LogP contribution in [0.2, 0.25) is 6.04 Å². The van der Waals surface area contributed by atoms with Crippen molar-refractivity contribution < 1.29 is 37.0 Å². The SMILES string of the molecule is COC(OC)=C(OC)[SiH2]C(CC[Si](OC)(OC)OC)OCC1CO1. The van der Waals surface area contributed by atoms with Gasteiger partial charge in [-0.2, -0.15) is 0 Å². The molecule has 0 amide bonds. The molecule has 0 bridgehead atoms. The molecule has 1 fully saturated rings. The van der Waals surface area contributed by atoms with Gasteiger partial charge < -0.3 is 37.0 Å². The van der Waals surface area contributed by atoms with E-state index in [1.807, 2.05) is 0 Å². The lowest BCUT2D eigenvalue weighted by Crippen LogP contribution is -2.44. The van der Waals surface area contributed by atoms with Crippen molar-refractivity contribution in [3.8, 4) is 0 Å². The summed E-state index contributed by atoms with van der Waals surface area (Å²) in [6.45, 7) is 1.33. The molecule has 0 N–H and O–H groups in total. The third-order valence-electron chi connectivity index (χ3n) is 3.88. The Balaban J connectivity index is 2.72. The van der Waals surface area contributed by atoms with Crippen LogP contribution < -0.4 is 0 Å². The lowest BCUT2D eigenvalue weighted by molar-refractivity contribution is 0.0668. The van der Waals surface area contributed by atoms with Crippen LogP contribution in [0.5, 0.6) is 0 Å². The second kappa shape index (κ2) is 11.1. The summed E-state index contributed by atoms with van der Waals surface area (Å²) in [6, 6.07) is 0.659. The van der Waals surface area contributed by atoms with E-state index in [1.54, 1.807) is 42.7 Å². The first-order valence-electron chi connectivity index (χ1n) is 7.81. The Morgan fingerprint density at radius 1 is 1.04 bits per heavy atom. The zero-order valence-corrected chi connectivity index (χ0v) is 17.9. The molecule has 0 saturated carbocycles. The summed E-state index contributed by atoms with van der Waals surface area (Å²) in [6.07, 6.45) is 0.948. The van der Waals surface area contributed by atoms with Crippen LogP contribution in [0.3, 0.4) is 0 Å². The maximum Gasteiger partial charge on any atom is 0.500 e. The molecule has 1 rings (SSSR count). The Kier molecular flexibility index (Phi) is 9.89. The van der Waals surface area contributed by atoms with Crippen LogP contribution in [0.15, 0.2) is 11.3 Å². The van der Waals surface area contributed by atoms with Gasteiger partial charge in [0.15, 0.2) is 0 Å². The molecule has 2 atom stereocenters. The fraction of sp³-hybridized carbons (Fsp3) is 0.857. The number of methoxy groups -OCH3 is 3. The second-order valence-electron chi connectivity index (χ2n) is 5.27. The van der Waals surface area contributed by atoms with Crippen molar-refractivity contribution in [3.63, 3.8) is 0 Å². The minimum absolute atomic E-state index is 0.0109. The molecule has 1 aliphatic rings. The molecule has 1 saturated heterocycles. The van der Waals surface area contributed by atoms with E-state index in [-0.39, 0.29) is 11.8 Å². The first-order chi connectivity index (χ1) is 11.6. The van der Waals surface area contributed by atoms with Gasteiger partial charge in [-0.15, -0.1) is 0 Å². The minimum Gasteiger partial charge on any atom is -0.500 e. The zero-order chi connectivity index (χ0) is 18.0. The largest absolute Gasteiger partial charge is 0.500 e. The first-order valence-corrected chi connectivity index (χ1v) is 11.3. The van der Waals surface area contributed by atoms with Gasteiger partial charge >= 0.3 is 14.7 Å². The van der Waals surface area contributed by atoms with Gasteiger partial charge in [0.25, 0.3) is 0 Å². The lowest BCUT2D eigenvalue weighted by atomic mass is 10.5. The van der Waals surface area contributed by atoms with Crippen LogP contribution >= 0.6 is 0 Å². The van der Waals surface area contributed by atoms with Gasteiger partial charge in [0, 0.05) is 27.4 Å². The smallest absolute Gasteiger partial charge is 0.500 e. The minimum atomic E-state index is -2.63. The van der Waals surface area contributed by atoms with Gasteiger partial charge in [0.1, 0.15) is 21.0 Å². The molecule has 0 aliphatic carbocycles. The molecule has 0 radical (unpaired) electrons. The van der Waals surface area contributed by atoms with Gasteiger partial charge in [-0.05, 0) is 6.42 Å². The van der Waals surface area contributed by atoms with E-state index in [9.17, 15) is 0 Å². The molecule has 0 spiro atoms. The van der Waals surface area contributed by atoms with Crippen LogP contribution in [0.25, 0.3) is 0 Å². The number of epoxide rings is 1. The Hall–Kier alpha value is -0.626. The summed E-state index contributed by atoms with van der Waals surface area (Å²) in [4.78, 5) is 0. The highest BCUT2D eigenvalue weighted by Gasteiger charge is 2.39. The average molecular weight is 383 g/mol. The Morgan fingerprint density at radius 3 is 2.04 bits per heavy atom. The predicted molar refractivity (Wildman–Crippen MR) is 92.3 cm³/mol. The van der Waals surface area contributed by atoms with E-state index in [0.29, 0.717) is 18.6 Å². The Labute approximate surface area is 147 Å². The van der Waals surface area contributed by atoms with Gasteiger partial charge in [-0.3, -0.25) is 0 Å². The number of rotatable bonds is 14. The molecule has 10 heteroatoms. The van der Waals surface area contributed by atoms with Crippen LogP contribution in [0.4, 0.5) is 0 Å². The topological polar surface area (TPSA) is 77.1 Å². The van der Waals surface area contributed by atoms with Crippen LogP contribution in [-0.2, 0) is 37.0 Å². The molecule has 0 aromatic heterocycles. The fourth-order valence-electron chi connectivity index (χ4n) is 2.31. The molecule has 8 nitrogen and oxygen atoms in total. The first kappa shape index (κ1) is 21.4. The third kappa shape index (κ3) is 6.71. The molecule has 2 unspecified atom stereocenters. The van der Waals surface area contributed by atoms with Gasteiger partial charge in [0.05, 0.1) is 40.3 Å². The normalized spacial score (nSPS) is 18.5. The predicted octanol–water partition coefficient (Wildman–Crippen LogP) is 0.231. The molecule has 0 aromatic rings. The van der Waals surface area contributed by atoms with Crippen molar-refractivity contribution in [3.05, 3.63) is 11.3 Å². The van der Waals surface area contributed by atoms with Crippen LogP contribution in [-0.4, -0.2) is 86.0 Å². The lowest BCUT2D eigenvalue weighted by Gasteiger charge is -2.26. The van der Waals surface area contributed by atoms with Gasteiger partial charge in [0.2, 0.25) is 0 Å². The van der Waals surface area contributed by atoms with E-state index in [4.69, 9.17) is 37.0 Å². The van der Waals surface area contributed by atoms with E-state index < -0.39 is 18.3 Å². The summed E-state index contributed by atoms with van der Waals surface area (Å²) in [5, 5.41) is 0.723. The van der Waals surface area contributed by atoms with Crippen molar-refractivity contribution >= 4 is 18.3 Å². The second-order valence-corrected chi connectivity index (χ2v) is 10.3. The van der Waals surface area contributed by atoms with Crippen molar-refractivity contribution in [2.45, 2.75) is 24.3 Å². The maximum atomic E-state index is 6.03. The monoisotopic (exact) mass is 382 g/mol. The van der Waals surface area contributed by atoms with E-state index in [0.717, 1.165) is 18.4 Å². The van der Waals surface area contributed by atoms with Crippen molar-refractivity contribution in [2.75, 3.05) is 55.9 Å². The molecule has 0 aromatic carbocycles. The number of ether oxygens (including phenoxy) is 5. The van der Waals surface area contributed by atoms with Crippen LogP contribution in [0, 0.1) is 0 Å². The van der Waals surface area contributed by atoms with Gasteiger partial charge in [-0.25, -0.2) is 0 Å². The van der Waals surface area contributed by atoms with Gasteiger partial charge in [-0.1, -0.05) is 0 Å². The number of hydrogen-bond acceptors (Lipinski definition) is 8. The summed E-state index contributed by atoms with van der Waals surface area (Å²) in [5.41, 5.74) is 0.0109. The third-order valence-corrected chi connectivity index (χ3v) is 8.70. The fourth-order valence-corrected chi connectivity index (χ4v) is 6.21. The van der Waals surface area contributed by atoms with E-state index in [1.165, 1.54) is 0 Å². The average Bonchev–Trinajstić information content (AvgIpc) is 3.45. The molecule has 142 valence electrons. The molecule has 1 heterocycles. The zero-order valence-electron chi connectivity index (χ0n) is 15.5. The standard InChI is InChI=1S/C14H30O8Si2/c1-15-13(16-2)14(17-3)23-12(22-10-11-9-21-11)7-8-24(18-4,19-5)20-6/h11-12H,7-10,23H2,1-6H3. The highest BCUT2D eigenvalue weighted by Crippen LogP contribution is 2.20. The summed E-state index contributed by atoms with van der Waals surface area (Å²) >= 11 is 0. The van der Waals surface area contributed by atoms with E-state index >= 15 is 0 Å². The molecule has 24 heavy (non-hydrogen) atoms. The number of hydrogen-bond donors (Lipinski definition) is 0. The van der Waals surface area contributed by atoms with Crippen LogP contribution in [0.1, 0.15) is 6.42 Å². The Morgan fingerprint density at radius 2 is 1.62 bits per heavy atom. The molecular weight excluding hydrogens is 352 g/mol. The molecular formula is C14H30O8Si2.